The second kappa shape index (κ2) is 7.40. The van der Waals surface area contributed by atoms with Crippen LogP contribution in [-0.4, -0.2) is 31.6 Å². The lowest BCUT2D eigenvalue weighted by molar-refractivity contribution is -0.127. The lowest BCUT2D eigenvalue weighted by Crippen LogP contribution is -2.34. The van der Waals surface area contributed by atoms with Crippen LogP contribution in [0.4, 0.5) is 5.69 Å². The molecule has 1 aromatic heterocycles. The van der Waals surface area contributed by atoms with E-state index >= 15 is 0 Å². The quantitative estimate of drug-likeness (QED) is 0.718. The zero-order valence-electron chi connectivity index (χ0n) is 16.6. The highest BCUT2D eigenvalue weighted by Crippen LogP contribution is 2.36. The van der Waals surface area contributed by atoms with E-state index in [1.54, 1.807) is 17.0 Å². The van der Waals surface area contributed by atoms with Gasteiger partial charge in [0.05, 0.1) is 12.0 Å². The Hall–Kier alpha value is -3.48. The summed E-state index contributed by atoms with van der Waals surface area (Å²) < 4.78 is 17.0. The molecule has 30 heavy (non-hydrogen) atoms. The molecule has 0 bridgehead atoms. The number of carbonyl (C=O) groups is 2. The number of hydrogen-bond donors (Lipinski definition) is 1. The van der Waals surface area contributed by atoms with Gasteiger partial charge < -0.3 is 24.1 Å². The minimum absolute atomic E-state index is 0.0804. The van der Waals surface area contributed by atoms with Crippen LogP contribution in [0.3, 0.4) is 0 Å². The number of hydrogen-bond acceptors (Lipinski definition) is 5. The number of benzene rings is 2. The van der Waals surface area contributed by atoms with Gasteiger partial charge in [-0.25, -0.2) is 0 Å². The first kappa shape index (κ1) is 18.5. The smallest absolute Gasteiger partial charge is 0.227 e. The summed E-state index contributed by atoms with van der Waals surface area (Å²) in [6, 6.07) is 14.8. The summed E-state index contributed by atoms with van der Waals surface area (Å²) in [7, 11) is 0. The number of ether oxygens (including phenoxy) is 2. The Kier molecular flexibility index (Phi) is 4.58. The van der Waals surface area contributed by atoms with Gasteiger partial charge in [0.2, 0.25) is 11.8 Å². The van der Waals surface area contributed by atoms with Crippen molar-refractivity contribution in [2.75, 3.05) is 24.7 Å². The van der Waals surface area contributed by atoms with Crippen LogP contribution in [0.5, 0.6) is 11.5 Å². The van der Waals surface area contributed by atoms with Gasteiger partial charge >= 0.3 is 0 Å². The van der Waals surface area contributed by atoms with Crippen molar-refractivity contribution in [2.45, 2.75) is 19.4 Å². The van der Waals surface area contributed by atoms with E-state index in [-0.39, 0.29) is 24.3 Å². The van der Waals surface area contributed by atoms with Crippen molar-refractivity contribution >= 4 is 28.5 Å². The van der Waals surface area contributed by atoms with Crippen molar-refractivity contribution in [3.05, 3.63) is 54.3 Å². The molecule has 7 nitrogen and oxygen atoms in total. The molecule has 2 unspecified atom stereocenters. The molecule has 1 saturated heterocycles. The van der Waals surface area contributed by atoms with Gasteiger partial charge in [-0.2, -0.15) is 0 Å². The van der Waals surface area contributed by atoms with Crippen molar-refractivity contribution in [1.29, 1.82) is 0 Å². The van der Waals surface area contributed by atoms with E-state index in [0.717, 1.165) is 11.0 Å². The van der Waals surface area contributed by atoms with Crippen LogP contribution in [0, 0.1) is 5.92 Å². The Morgan fingerprint density at radius 1 is 1.10 bits per heavy atom. The molecule has 0 radical (unpaired) electrons. The number of fused-ring (bicyclic) bond motifs is 2. The summed E-state index contributed by atoms with van der Waals surface area (Å²) in [5.41, 5.74) is 1.50. The van der Waals surface area contributed by atoms with E-state index in [9.17, 15) is 9.59 Å². The third kappa shape index (κ3) is 3.36. The molecule has 3 aromatic rings. The van der Waals surface area contributed by atoms with Gasteiger partial charge in [0, 0.05) is 30.1 Å². The molecule has 0 aliphatic carbocycles. The van der Waals surface area contributed by atoms with Crippen molar-refractivity contribution in [1.82, 2.24) is 5.32 Å². The lowest BCUT2D eigenvalue weighted by atomic mass is 10.1. The van der Waals surface area contributed by atoms with Gasteiger partial charge in [-0.3, -0.25) is 9.59 Å². The largest absolute Gasteiger partial charge is 0.486 e. The zero-order chi connectivity index (χ0) is 20.7. The molecule has 0 spiro atoms. The van der Waals surface area contributed by atoms with Gasteiger partial charge in [-0.05, 0) is 31.2 Å². The average Bonchev–Trinajstić information content (AvgIpc) is 3.37. The highest BCUT2D eigenvalue weighted by molar-refractivity contribution is 6.00. The summed E-state index contributed by atoms with van der Waals surface area (Å²) in [6.45, 7) is 3.21. The molecule has 2 amide bonds. The van der Waals surface area contributed by atoms with Gasteiger partial charge in [0.15, 0.2) is 11.5 Å². The molecule has 2 aromatic carbocycles. The summed E-state index contributed by atoms with van der Waals surface area (Å²) in [5, 5.41) is 3.98. The van der Waals surface area contributed by atoms with Crippen LogP contribution in [0.1, 0.15) is 25.1 Å². The van der Waals surface area contributed by atoms with E-state index in [2.05, 4.69) is 5.32 Å². The third-order valence-corrected chi connectivity index (χ3v) is 5.56. The minimum Gasteiger partial charge on any atom is -0.486 e. The maximum absolute atomic E-state index is 12.8. The molecule has 2 atom stereocenters. The summed E-state index contributed by atoms with van der Waals surface area (Å²) in [5.74, 6) is 1.33. The van der Waals surface area contributed by atoms with Crippen LogP contribution >= 0.6 is 0 Å². The normalized spacial score (nSPS) is 19.2. The highest BCUT2D eigenvalue weighted by atomic mass is 16.6. The number of furan rings is 1. The molecule has 5 rings (SSSR count). The van der Waals surface area contributed by atoms with E-state index in [1.165, 1.54) is 0 Å². The molecule has 1 fully saturated rings. The Morgan fingerprint density at radius 2 is 1.90 bits per heavy atom. The number of para-hydroxylation sites is 1. The fourth-order valence-corrected chi connectivity index (χ4v) is 3.95. The Morgan fingerprint density at radius 3 is 2.73 bits per heavy atom. The first-order valence-corrected chi connectivity index (χ1v) is 10.1. The SMILES string of the molecule is CC(NC(=O)C1CC(=O)N(c2ccc3c(c2)OCCO3)C1)c1cc2ccccc2o1. The van der Waals surface area contributed by atoms with Crippen LogP contribution in [0.2, 0.25) is 0 Å². The number of nitrogens with one attached hydrogen (secondary N) is 1. The molecule has 1 N–H and O–H groups in total. The van der Waals surface area contributed by atoms with E-state index < -0.39 is 5.92 Å². The number of anilines is 1. The van der Waals surface area contributed by atoms with Crippen LogP contribution in [0.15, 0.2) is 52.9 Å². The van der Waals surface area contributed by atoms with Crippen molar-refractivity contribution < 1.29 is 23.5 Å². The Balaban J connectivity index is 1.27. The van der Waals surface area contributed by atoms with Crippen molar-refractivity contribution in [2.24, 2.45) is 5.92 Å². The second-order valence-corrected chi connectivity index (χ2v) is 7.65. The first-order valence-electron chi connectivity index (χ1n) is 10.1. The van der Waals surface area contributed by atoms with Crippen LogP contribution < -0.4 is 19.7 Å². The maximum atomic E-state index is 12.8. The Labute approximate surface area is 173 Å². The number of amides is 2. The summed E-state index contributed by atoms with van der Waals surface area (Å²) in [4.78, 5) is 27.0. The molecule has 2 aliphatic heterocycles. The first-order chi connectivity index (χ1) is 14.6. The van der Waals surface area contributed by atoms with Gasteiger partial charge in [-0.1, -0.05) is 18.2 Å². The molecular weight excluding hydrogens is 384 g/mol. The number of carbonyl (C=O) groups excluding carboxylic acids is 2. The van der Waals surface area contributed by atoms with E-state index in [0.29, 0.717) is 42.7 Å². The molecule has 0 saturated carbocycles. The second-order valence-electron chi connectivity index (χ2n) is 7.65. The monoisotopic (exact) mass is 406 g/mol. The van der Waals surface area contributed by atoms with E-state index in [4.69, 9.17) is 13.9 Å². The highest BCUT2D eigenvalue weighted by Gasteiger charge is 2.36. The predicted octanol–water partition coefficient (Wildman–Crippen LogP) is 3.43. The lowest BCUT2D eigenvalue weighted by Gasteiger charge is -2.22. The maximum Gasteiger partial charge on any atom is 0.227 e. The molecular formula is C23H22N2O5. The topological polar surface area (TPSA) is 81.0 Å². The third-order valence-electron chi connectivity index (χ3n) is 5.56. The van der Waals surface area contributed by atoms with Crippen LogP contribution in [-0.2, 0) is 9.59 Å². The fourth-order valence-electron chi connectivity index (χ4n) is 3.95. The zero-order valence-corrected chi connectivity index (χ0v) is 16.6. The van der Waals surface area contributed by atoms with E-state index in [1.807, 2.05) is 43.3 Å². The minimum atomic E-state index is -0.419. The molecule has 3 heterocycles. The van der Waals surface area contributed by atoms with Crippen molar-refractivity contribution in [3.63, 3.8) is 0 Å². The molecule has 2 aliphatic rings. The fraction of sp³-hybridized carbons (Fsp3) is 0.304. The molecule has 154 valence electrons. The summed E-state index contributed by atoms with van der Waals surface area (Å²) >= 11 is 0. The number of nitrogens with zero attached hydrogens (tertiary/aromatic N) is 1. The molecule has 7 heteroatoms. The summed E-state index contributed by atoms with van der Waals surface area (Å²) in [6.07, 6.45) is 0.174. The van der Waals surface area contributed by atoms with Crippen LogP contribution in [0.25, 0.3) is 11.0 Å². The van der Waals surface area contributed by atoms with Crippen molar-refractivity contribution in [3.8, 4) is 11.5 Å². The van der Waals surface area contributed by atoms with Gasteiger partial charge in [0.1, 0.15) is 24.6 Å². The standard InChI is InChI=1S/C23H22N2O5/c1-14(20-10-15-4-2-3-5-18(15)30-20)24-23(27)16-11-22(26)25(13-16)17-6-7-19-21(12-17)29-9-8-28-19/h2-7,10,12,14,16H,8-9,11,13H2,1H3,(H,24,27). The predicted molar refractivity (Wildman–Crippen MR) is 111 cm³/mol. The average molecular weight is 406 g/mol. The Bertz CT molecular complexity index is 1090. The van der Waals surface area contributed by atoms with Gasteiger partial charge in [0.25, 0.3) is 0 Å². The number of rotatable bonds is 4. The van der Waals surface area contributed by atoms with Gasteiger partial charge in [-0.15, -0.1) is 0 Å².